The first-order chi connectivity index (χ1) is 14.7. The van der Waals surface area contributed by atoms with E-state index in [-0.39, 0.29) is 23.1 Å². The number of imidazole rings is 1. The Hall–Kier alpha value is -3.58. The number of carbonyl (C=O) groups is 2. The lowest BCUT2D eigenvalue weighted by Gasteiger charge is -2.26. The van der Waals surface area contributed by atoms with Crippen LogP contribution in [0.4, 0.5) is 11.5 Å². The fraction of sp³-hybridized carbons (Fsp3) is 0.278. The highest BCUT2D eigenvalue weighted by Gasteiger charge is 2.21. The first-order valence-corrected chi connectivity index (χ1v) is 11.1. The number of carbonyl (C=O) groups excluding carboxylic acids is 2. The summed E-state index contributed by atoms with van der Waals surface area (Å²) >= 11 is 0. The maximum atomic E-state index is 12.6. The van der Waals surface area contributed by atoms with Crippen LogP contribution in [0.3, 0.4) is 0 Å². The van der Waals surface area contributed by atoms with Crippen molar-refractivity contribution in [3.8, 4) is 0 Å². The minimum absolute atomic E-state index is 0.0650. The SMILES string of the molecule is CS(=O)(=O)c1nc(Nc2ccc(C(=O)N3CCOCC3)cc2)c2ncc(C(N)=O)n2n1. The van der Waals surface area contributed by atoms with Crippen molar-refractivity contribution in [2.24, 2.45) is 5.73 Å². The van der Waals surface area contributed by atoms with Crippen LogP contribution in [-0.4, -0.2) is 77.3 Å². The predicted molar refractivity (Wildman–Crippen MR) is 109 cm³/mol. The molecule has 1 aliphatic rings. The number of aromatic nitrogens is 4. The van der Waals surface area contributed by atoms with Crippen LogP contribution in [0.5, 0.6) is 0 Å². The van der Waals surface area contributed by atoms with Gasteiger partial charge in [-0.2, -0.15) is 4.98 Å². The number of rotatable bonds is 5. The van der Waals surface area contributed by atoms with Crippen LogP contribution in [0.2, 0.25) is 0 Å². The summed E-state index contributed by atoms with van der Waals surface area (Å²) in [4.78, 5) is 34.0. The van der Waals surface area contributed by atoms with Gasteiger partial charge in [0.05, 0.1) is 19.4 Å². The number of sulfone groups is 1. The van der Waals surface area contributed by atoms with Gasteiger partial charge in [0.15, 0.2) is 17.2 Å². The second kappa shape index (κ2) is 7.92. The minimum atomic E-state index is -3.78. The molecule has 4 rings (SSSR count). The Morgan fingerprint density at radius 2 is 1.84 bits per heavy atom. The molecular formula is C18H19N7O5S. The van der Waals surface area contributed by atoms with Gasteiger partial charge in [0.2, 0.25) is 9.84 Å². The van der Waals surface area contributed by atoms with Crippen LogP contribution >= 0.6 is 0 Å². The zero-order valence-electron chi connectivity index (χ0n) is 16.5. The van der Waals surface area contributed by atoms with E-state index in [0.29, 0.717) is 37.6 Å². The third-order valence-corrected chi connectivity index (χ3v) is 5.46. The van der Waals surface area contributed by atoms with Crippen molar-refractivity contribution >= 4 is 38.8 Å². The molecule has 31 heavy (non-hydrogen) atoms. The molecule has 3 N–H and O–H groups in total. The van der Waals surface area contributed by atoms with E-state index in [1.165, 1.54) is 6.20 Å². The third kappa shape index (κ3) is 4.18. The standard InChI is InChI=1S/C18H19N7O5S/c1-31(28,29)18-22-15(16-20-10-13(14(19)26)25(16)23-18)21-12-4-2-11(3-5-12)17(27)24-6-8-30-9-7-24/h2-5,10H,6-9H2,1H3,(H2,19,26)(H,21,22,23). The molecule has 0 unspecified atom stereocenters. The second-order valence-electron chi connectivity index (χ2n) is 6.87. The fourth-order valence-electron chi connectivity index (χ4n) is 3.05. The molecule has 13 heteroatoms. The Kier molecular flexibility index (Phi) is 5.29. The van der Waals surface area contributed by atoms with Crippen LogP contribution < -0.4 is 11.1 Å². The zero-order chi connectivity index (χ0) is 22.2. The summed E-state index contributed by atoms with van der Waals surface area (Å²) in [5, 5.41) is 6.34. The molecule has 162 valence electrons. The number of fused-ring (bicyclic) bond motifs is 1. The summed E-state index contributed by atoms with van der Waals surface area (Å²) in [5.74, 6) is -0.851. The maximum Gasteiger partial charge on any atom is 0.269 e. The highest BCUT2D eigenvalue weighted by molar-refractivity contribution is 7.90. The lowest BCUT2D eigenvalue weighted by molar-refractivity contribution is 0.0303. The van der Waals surface area contributed by atoms with Gasteiger partial charge in [0.1, 0.15) is 0 Å². The van der Waals surface area contributed by atoms with Gasteiger partial charge >= 0.3 is 0 Å². The van der Waals surface area contributed by atoms with Crippen molar-refractivity contribution in [1.29, 1.82) is 0 Å². The minimum Gasteiger partial charge on any atom is -0.378 e. The number of amides is 2. The molecule has 2 aromatic heterocycles. The molecule has 1 fully saturated rings. The first kappa shape index (κ1) is 20.7. The molecule has 0 spiro atoms. The van der Waals surface area contributed by atoms with Gasteiger partial charge in [-0.25, -0.2) is 17.9 Å². The maximum absolute atomic E-state index is 12.6. The van der Waals surface area contributed by atoms with Gasteiger partial charge in [-0.15, -0.1) is 5.10 Å². The summed E-state index contributed by atoms with van der Waals surface area (Å²) in [6.45, 7) is 2.09. The Morgan fingerprint density at radius 1 is 1.16 bits per heavy atom. The predicted octanol–water partition coefficient (Wildman–Crippen LogP) is -0.157. The van der Waals surface area contributed by atoms with Gasteiger partial charge in [-0.05, 0) is 24.3 Å². The Balaban J connectivity index is 1.66. The average molecular weight is 445 g/mol. The number of morpholine rings is 1. The largest absolute Gasteiger partial charge is 0.378 e. The average Bonchev–Trinajstić information content (AvgIpc) is 3.18. The summed E-state index contributed by atoms with van der Waals surface area (Å²) in [5.41, 5.74) is 6.39. The highest BCUT2D eigenvalue weighted by atomic mass is 32.2. The van der Waals surface area contributed by atoms with Crippen molar-refractivity contribution in [3.05, 3.63) is 41.7 Å². The van der Waals surface area contributed by atoms with E-state index in [4.69, 9.17) is 10.5 Å². The van der Waals surface area contributed by atoms with Crippen LogP contribution in [-0.2, 0) is 14.6 Å². The van der Waals surface area contributed by atoms with Crippen LogP contribution in [0.1, 0.15) is 20.8 Å². The lowest BCUT2D eigenvalue weighted by Crippen LogP contribution is -2.40. The number of hydrogen-bond donors (Lipinski definition) is 2. The number of primary amides is 1. The number of nitrogens with one attached hydrogen (secondary N) is 1. The van der Waals surface area contributed by atoms with E-state index in [2.05, 4.69) is 20.4 Å². The number of ether oxygens (including phenoxy) is 1. The first-order valence-electron chi connectivity index (χ1n) is 9.24. The number of nitrogens with zero attached hydrogens (tertiary/aromatic N) is 5. The number of anilines is 2. The molecule has 0 aliphatic carbocycles. The summed E-state index contributed by atoms with van der Waals surface area (Å²) < 4.78 is 30.3. The van der Waals surface area contributed by atoms with Crippen molar-refractivity contribution in [3.63, 3.8) is 0 Å². The molecule has 12 nitrogen and oxygen atoms in total. The number of benzene rings is 1. The molecule has 3 heterocycles. The molecule has 3 aromatic rings. The summed E-state index contributed by atoms with van der Waals surface area (Å²) in [6.07, 6.45) is 2.14. The third-order valence-electron chi connectivity index (χ3n) is 4.62. The van der Waals surface area contributed by atoms with Crippen LogP contribution in [0.25, 0.3) is 5.65 Å². The van der Waals surface area contributed by atoms with Gasteiger partial charge in [-0.3, -0.25) is 9.59 Å². The summed E-state index contributed by atoms with van der Waals surface area (Å²) in [6, 6.07) is 6.61. The van der Waals surface area contributed by atoms with E-state index in [0.717, 1.165) is 10.8 Å². The molecule has 0 saturated carbocycles. The number of nitrogens with two attached hydrogens (primary N) is 1. The van der Waals surface area contributed by atoms with Crippen LogP contribution in [0.15, 0.2) is 35.6 Å². The van der Waals surface area contributed by atoms with E-state index in [9.17, 15) is 18.0 Å². The number of hydrogen-bond acceptors (Lipinski definition) is 9. The Morgan fingerprint density at radius 3 is 2.45 bits per heavy atom. The van der Waals surface area contributed by atoms with Crippen molar-refractivity contribution in [2.45, 2.75) is 5.16 Å². The zero-order valence-corrected chi connectivity index (χ0v) is 17.3. The van der Waals surface area contributed by atoms with Crippen molar-refractivity contribution in [1.82, 2.24) is 24.5 Å². The Labute approximate surface area is 176 Å². The quantitative estimate of drug-likeness (QED) is 0.543. The topological polar surface area (TPSA) is 162 Å². The van der Waals surface area contributed by atoms with E-state index in [1.807, 2.05) is 0 Å². The van der Waals surface area contributed by atoms with Gasteiger partial charge in [-0.1, -0.05) is 0 Å². The molecule has 1 saturated heterocycles. The molecule has 0 radical (unpaired) electrons. The van der Waals surface area contributed by atoms with Crippen LogP contribution in [0, 0.1) is 0 Å². The summed E-state index contributed by atoms with van der Waals surface area (Å²) in [7, 11) is -3.78. The van der Waals surface area contributed by atoms with Crippen molar-refractivity contribution < 1.29 is 22.7 Å². The Bertz CT molecular complexity index is 1260. The van der Waals surface area contributed by atoms with Gasteiger partial charge in [0.25, 0.3) is 17.0 Å². The molecule has 1 aromatic carbocycles. The molecular weight excluding hydrogens is 426 g/mol. The van der Waals surface area contributed by atoms with Gasteiger partial charge < -0.3 is 20.7 Å². The lowest BCUT2D eigenvalue weighted by atomic mass is 10.1. The second-order valence-corrected chi connectivity index (χ2v) is 8.77. The molecule has 0 bridgehead atoms. The molecule has 0 atom stereocenters. The van der Waals surface area contributed by atoms with Gasteiger partial charge in [0, 0.05) is 30.6 Å². The van der Waals surface area contributed by atoms with E-state index < -0.39 is 20.9 Å². The van der Waals surface area contributed by atoms with E-state index in [1.54, 1.807) is 29.2 Å². The molecule has 2 amide bonds. The van der Waals surface area contributed by atoms with E-state index >= 15 is 0 Å². The smallest absolute Gasteiger partial charge is 0.269 e. The molecule has 1 aliphatic heterocycles. The normalized spacial score (nSPS) is 14.5. The van der Waals surface area contributed by atoms with Crippen molar-refractivity contribution in [2.75, 3.05) is 37.9 Å². The fourth-order valence-corrected chi connectivity index (χ4v) is 3.54. The monoisotopic (exact) mass is 445 g/mol. The highest BCUT2D eigenvalue weighted by Crippen LogP contribution is 2.22.